The Bertz CT molecular complexity index is 645. The van der Waals surface area contributed by atoms with Crippen LogP contribution in [0.4, 0.5) is 4.39 Å². The first-order chi connectivity index (χ1) is 12.7. The number of furan rings is 1. The summed E-state index contributed by atoms with van der Waals surface area (Å²) in [7, 11) is 0. The lowest BCUT2D eigenvalue weighted by molar-refractivity contribution is 0.105. The number of nitrogens with one attached hydrogen (secondary N) is 2. The summed E-state index contributed by atoms with van der Waals surface area (Å²) in [5.41, 5.74) is 0.636. The van der Waals surface area contributed by atoms with E-state index < -0.39 is 6.10 Å². The average Bonchev–Trinajstić information content (AvgIpc) is 3.16. The molecule has 0 aliphatic heterocycles. The van der Waals surface area contributed by atoms with Crippen LogP contribution < -0.4 is 10.6 Å². The number of ether oxygens (including phenoxy) is 1. The van der Waals surface area contributed by atoms with Crippen LogP contribution in [0.1, 0.15) is 30.8 Å². The van der Waals surface area contributed by atoms with Gasteiger partial charge in [0.05, 0.1) is 18.9 Å². The second-order valence-corrected chi connectivity index (χ2v) is 5.70. The lowest BCUT2D eigenvalue weighted by Crippen LogP contribution is -2.38. The Balaban J connectivity index is 1.69. The van der Waals surface area contributed by atoms with Crippen molar-refractivity contribution < 1.29 is 18.7 Å². The molecule has 6 nitrogen and oxygen atoms in total. The van der Waals surface area contributed by atoms with E-state index in [4.69, 9.17) is 9.15 Å². The van der Waals surface area contributed by atoms with Crippen molar-refractivity contribution in [2.24, 2.45) is 4.99 Å². The number of rotatable bonds is 10. The van der Waals surface area contributed by atoms with Crippen molar-refractivity contribution in [2.75, 3.05) is 26.2 Å². The van der Waals surface area contributed by atoms with Crippen LogP contribution in [0.25, 0.3) is 0 Å². The van der Waals surface area contributed by atoms with Gasteiger partial charge in [-0.2, -0.15) is 0 Å². The summed E-state index contributed by atoms with van der Waals surface area (Å²) in [4.78, 5) is 4.37. The average molecular weight is 363 g/mol. The third-order valence-corrected chi connectivity index (χ3v) is 3.60. The van der Waals surface area contributed by atoms with Crippen LogP contribution >= 0.6 is 0 Å². The summed E-state index contributed by atoms with van der Waals surface area (Å²) in [5, 5.41) is 16.5. The van der Waals surface area contributed by atoms with Gasteiger partial charge < -0.3 is 24.9 Å². The van der Waals surface area contributed by atoms with Crippen LogP contribution in [0.3, 0.4) is 0 Å². The van der Waals surface area contributed by atoms with Gasteiger partial charge in [0.25, 0.3) is 0 Å². The molecule has 1 aromatic heterocycles. The highest BCUT2D eigenvalue weighted by molar-refractivity contribution is 5.79. The van der Waals surface area contributed by atoms with E-state index >= 15 is 0 Å². The number of aliphatic imine (C=N–C) groups is 1. The van der Waals surface area contributed by atoms with E-state index in [-0.39, 0.29) is 12.4 Å². The lowest BCUT2D eigenvalue weighted by Gasteiger charge is -2.13. The quantitative estimate of drug-likeness (QED) is 0.344. The first-order valence-corrected chi connectivity index (χ1v) is 8.75. The van der Waals surface area contributed by atoms with E-state index in [9.17, 15) is 9.50 Å². The molecule has 0 spiro atoms. The van der Waals surface area contributed by atoms with Crippen LogP contribution in [0, 0.1) is 5.82 Å². The molecular weight excluding hydrogens is 337 g/mol. The molecule has 7 heteroatoms. The summed E-state index contributed by atoms with van der Waals surface area (Å²) in [6.07, 6.45) is 1.66. The Morgan fingerprint density at radius 3 is 2.77 bits per heavy atom. The van der Waals surface area contributed by atoms with Gasteiger partial charge in [0.2, 0.25) is 0 Å². The summed E-state index contributed by atoms with van der Waals surface area (Å²) in [6, 6.07) is 9.49. The van der Waals surface area contributed by atoms with Gasteiger partial charge in [0.1, 0.15) is 18.2 Å². The van der Waals surface area contributed by atoms with Crippen molar-refractivity contribution in [1.82, 2.24) is 10.6 Å². The molecule has 0 saturated heterocycles. The first kappa shape index (κ1) is 19.9. The third-order valence-electron chi connectivity index (χ3n) is 3.60. The highest BCUT2D eigenvalue weighted by Crippen LogP contribution is 2.13. The van der Waals surface area contributed by atoms with Crippen molar-refractivity contribution in [3.05, 3.63) is 59.8 Å². The second kappa shape index (κ2) is 11.3. The molecule has 2 rings (SSSR count). The van der Waals surface area contributed by atoms with Gasteiger partial charge in [-0.15, -0.1) is 0 Å². The first-order valence-electron chi connectivity index (χ1n) is 8.75. The molecule has 0 bridgehead atoms. The molecule has 2 aromatic rings. The molecule has 0 aliphatic rings. The van der Waals surface area contributed by atoms with Gasteiger partial charge in [0, 0.05) is 19.7 Å². The van der Waals surface area contributed by atoms with E-state index in [0.29, 0.717) is 37.8 Å². The highest BCUT2D eigenvalue weighted by Gasteiger charge is 2.07. The summed E-state index contributed by atoms with van der Waals surface area (Å²) >= 11 is 0. The summed E-state index contributed by atoms with van der Waals surface area (Å²) in [6.45, 7) is 4.64. The largest absolute Gasteiger partial charge is 0.467 e. The lowest BCUT2D eigenvalue weighted by atomic mass is 10.1. The monoisotopic (exact) mass is 363 g/mol. The number of guanidine groups is 1. The molecule has 0 radical (unpaired) electrons. The van der Waals surface area contributed by atoms with E-state index in [2.05, 4.69) is 15.6 Å². The zero-order valence-corrected chi connectivity index (χ0v) is 15.0. The molecule has 3 N–H and O–H groups in total. The Kier molecular flexibility index (Phi) is 8.65. The SMILES string of the molecule is CCNC(=NCC(O)c1ccc(F)cc1)NCCCOCc1ccco1. The predicted molar refractivity (Wildman–Crippen MR) is 98.3 cm³/mol. The number of nitrogens with zero attached hydrogens (tertiary/aromatic N) is 1. The number of halogens is 1. The molecule has 1 atom stereocenters. The topological polar surface area (TPSA) is 79.0 Å². The van der Waals surface area contributed by atoms with E-state index in [0.717, 1.165) is 12.2 Å². The smallest absolute Gasteiger partial charge is 0.191 e. The number of hydrogen-bond acceptors (Lipinski definition) is 4. The molecule has 0 aliphatic carbocycles. The maximum absolute atomic E-state index is 12.9. The van der Waals surface area contributed by atoms with Crippen molar-refractivity contribution in [3.63, 3.8) is 0 Å². The van der Waals surface area contributed by atoms with Crippen molar-refractivity contribution >= 4 is 5.96 Å². The minimum Gasteiger partial charge on any atom is -0.467 e. The van der Waals surface area contributed by atoms with Crippen LogP contribution in [-0.4, -0.2) is 37.3 Å². The van der Waals surface area contributed by atoms with Crippen LogP contribution in [0.2, 0.25) is 0 Å². The summed E-state index contributed by atoms with van der Waals surface area (Å²) < 4.78 is 23.6. The van der Waals surface area contributed by atoms with Crippen molar-refractivity contribution in [3.8, 4) is 0 Å². The molecule has 0 amide bonds. The number of hydrogen-bond donors (Lipinski definition) is 3. The summed E-state index contributed by atoms with van der Waals surface area (Å²) in [5.74, 6) is 1.11. The molecule has 0 fully saturated rings. The Morgan fingerprint density at radius 2 is 2.08 bits per heavy atom. The number of benzene rings is 1. The minimum absolute atomic E-state index is 0.190. The maximum atomic E-state index is 12.9. The zero-order chi connectivity index (χ0) is 18.6. The maximum Gasteiger partial charge on any atom is 0.191 e. The van der Waals surface area contributed by atoms with Crippen LogP contribution in [0.5, 0.6) is 0 Å². The van der Waals surface area contributed by atoms with Gasteiger partial charge >= 0.3 is 0 Å². The zero-order valence-electron chi connectivity index (χ0n) is 15.0. The number of aliphatic hydroxyl groups excluding tert-OH is 1. The molecule has 1 heterocycles. The van der Waals surface area contributed by atoms with Crippen molar-refractivity contribution in [2.45, 2.75) is 26.1 Å². The van der Waals surface area contributed by atoms with E-state index in [1.54, 1.807) is 18.4 Å². The van der Waals surface area contributed by atoms with Gasteiger partial charge in [-0.1, -0.05) is 12.1 Å². The predicted octanol–water partition coefficient (Wildman–Crippen LogP) is 2.61. The van der Waals surface area contributed by atoms with Crippen molar-refractivity contribution in [1.29, 1.82) is 0 Å². The van der Waals surface area contributed by atoms with Gasteiger partial charge in [0.15, 0.2) is 5.96 Å². The molecular formula is C19H26FN3O3. The highest BCUT2D eigenvalue weighted by atomic mass is 19.1. The molecule has 1 unspecified atom stereocenters. The molecule has 1 aromatic carbocycles. The van der Waals surface area contributed by atoms with E-state index in [1.165, 1.54) is 12.1 Å². The Hall–Kier alpha value is -2.38. The fraction of sp³-hybridized carbons (Fsp3) is 0.421. The van der Waals surface area contributed by atoms with Gasteiger partial charge in [-0.05, 0) is 43.2 Å². The van der Waals surface area contributed by atoms with E-state index in [1.807, 2.05) is 19.1 Å². The van der Waals surface area contributed by atoms with Crippen LogP contribution in [0.15, 0.2) is 52.1 Å². The third kappa shape index (κ3) is 7.25. The van der Waals surface area contributed by atoms with Crippen LogP contribution in [-0.2, 0) is 11.3 Å². The fourth-order valence-electron chi connectivity index (χ4n) is 2.26. The Morgan fingerprint density at radius 1 is 1.27 bits per heavy atom. The normalized spacial score (nSPS) is 12.8. The Labute approximate surface area is 153 Å². The minimum atomic E-state index is -0.775. The van der Waals surface area contributed by atoms with Gasteiger partial charge in [-0.25, -0.2) is 4.39 Å². The molecule has 0 saturated carbocycles. The molecule has 26 heavy (non-hydrogen) atoms. The number of aliphatic hydroxyl groups is 1. The second-order valence-electron chi connectivity index (χ2n) is 5.70. The molecule has 142 valence electrons. The standard InChI is InChI=1S/C19H26FN3O3/c1-2-21-19(22-10-4-11-25-14-17-5-3-12-26-17)23-13-18(24)15-6-8-16(20)9-7-15/h3,5-9,12,18,24H,2,4,10-11,13-14H2,1H3,(H2,21,22,23). The fourth-order valence-corrected chi connectivity index (χ4v) is 2.26. The van der Waals surface area contributed by atoms with Gasteiger partial charge in [-0.3, -0.25) is 4.99 Å².